The Balaban J connectivity index is 2.18. The van der Waals surface area contributed by atoms with E-state index in [2.05, 4.69) is 20.2 Å². The van der Waals surface area contributed by atoms with Crippen molar-refractivity contribution >= 4 is 28.4 Å². The van der Waals surface area contributed by atoms with Gasteiger partial charge < -0.3 is 14.8 Å². The fraction of sp³-hybridized carbons (Fsp3) is 0.188. The molecule has 0 spiro atoms. The number of rotatable bonds is 6. The van der Waals surface area contributed by atoms with Crippen molar-refractivity contribution in [2.45, 2.75) is 13.3 Å². The van der Waals surface area contributed by atoms with Gasteiger partial charge in [0, 0.05) is 18.7 Å². The van der Waals surface area contributed by atoms with E-state index in [-0.39, 0.29) is 17.8 Å². The number of nitrogens with zero attached hydrogens (tertiary/aromatic N) is 2. The molecule has 3 aromatic rings. The van der Waals surface area contributed by atoms with E-state index in [1.807, 2.05) is 0 Å². The summed E-state index contributed by atoms with van der Waals surface area (Å²) in [5, 5.41) is 15.8. The number of benzene rings is 1. The number of aromatic amines is 2. The summed E-state index contributed by atoms with van der Waals surface area (Å²) in [4.78, 5) is 41.5. The number of carbonyl (C=O) groups is 3. The molecule has 0 atom stereocenters. The minimum atomic E-state index is -1.04. The highest BCUT2D eigenvalue weighted by Crippen LogP contribution is 2.35. The van der Waals surface area contributed by atoms with E-state index < -0.39 is 17.5 Å². The lowest BCUT2D eigenvalue weighted by Crippen LogP contribution is -2.09. The van der Waals surface area contributed by atoms with Crippen LogP contribution in [0, 0.1) is 0 Å². The van der Waals surface area contributed by atoms with Crippen LogP contribution in [0.15, 0.2) is 18.3 Å². The number of hydrogen-bond acceptors (Lipinski definition) is 6. The number of carbonyl (C=O) groups excluding carboxylic acids is 2. The number of nitrogens with one attached hydrogen (secondary N) is 2. The van der Waals surface area contributed by atoms with Crippen LogP contribution >= 0.6 is 0 Å². The van der Waals surface area contributed by atoms with Crippen LogP contribution in [-0.4, -0.2) is 49.9 Å². The van der Waals surface area contributed by atoms with Gasteiger partial charge in [0.2, 0.25) is 5.78 Å². The topological polar surface area (TPSA) is 138 Å². The summed E-state index contributed by atoms with van der Waals surface area (Å²) in [6, 6.07) is 3.34. The minimum absolute atomic E-state index is 0.137. The Morgan fingerprint density at radius 3 is 2.68 bits per heavy atom. The molecule has 9 nitrogen and oxygen atoms in total. The summed E-state index contributed by atoms with van der Waals surface area (Å²) < 4.78 is 5.30. The minimum Gasteiger partial charge on any atom is -0.496 e. The number of aliphatic carboxylic acids is 1. The highest BCUT2D eigenvalue weighted by atomic mass is 16.5. The van der Waals surface area contributed by atoms with Gasteiger partial charge in [0.05, 0.1) is 23.6 Å². The number of carboxylic acid groups (broad SMARTS) is 1. The fourth-order valence-corrected chi connectivity index (χ4v) is 2.58. The fourth-order valence-electron chi connectivity index (χ4n) is 2.58. The lowest BCUT2D eigenvalue weighted by molar-refractivity contribution is -0.136. The molecule has 0 aliphatic heterocycles. The van der Waals surface area contributed by atoms with Gasteiger partial charge in [-0.15, -0.1) is 0 Å². The number of ether oxygens (including phenoxy) is 1. The third kappa shape index (κ3) is 2.87. The number of hydrogen-bond donors (Lipinski definition) is 3. The molecule has 2 aromatic heterocycles. The number of ketones is 2. The first-order valence-electron chi connectivity index (χ1n) is 7.29. The summed E-state index contributed by atoms with van der Waals surface area (Å²) in [6.07, 6.45) is 1.13. The molecule has 2 heterocycles. The van der Waals surface area contributed by atoms with Crippen LogP contribution in [0.25, 0.3) is 22.3 Å². The van der Waals surface area contributed by atoms with Gasteiger partial charge in [-0.2, -0.15) is 5.10 Å². The van der Waals surface area contributed by atoms with Crippen molar-refractivity contribution in [1.29, 1.82) is 0 Å². The molecule has 3 N–H and O–H groups in total. The van der Waals surface area contributed by atoms with Crippen molar-refractivity contribution in [2.24, 2.45) is 0 Å². The highest BCUT2D eigenvalue weighted by Gasteiger charge is 2.22. The summed E-state index contributed by atoms with van der Waals surface area (Å²) in [7, 11) is 1.46. The van der Waals surface area contributed by atoms with Gasteiger partial charge in [0.25, 0.3) is 0 Å². The molecule has 0 aliphatic rings. The maximum atomic E-state index is 12.1. The largest absolute Gasteiger partial charge is 0.496 e. The first kappa shape index (κ1) is 16.4. The molecule has 25 heavy (non-hydrogen) atoms. The summed E-state index contributed by atoms with van der Waals surface area (Å²) in [5.41, 5.74) is 1.30. The van der Waals surface area contributed by atoms with Gasteiger partial charge in [-0.25, -0.2) is 4.98 Å². The molecule has 0 bridgehead atoms. The molecule has 0 aliphatic carbocycles. The van der Waals surface area contributed by atoms with Crippen molar-refractivity contribution in [3.63, 3.8) is 0 Å². The quantitative estimate of drug-likeness (QED) is 0.454. The first-order chi connectivity index (χ1) is 11.9. The molecule has 1 aromatic carbocycles. The third-order valence-corrected chi connectivity index (χ3v) is 3.68. The molecule has 0 unspecified atom stereocenters. The summed E-state index contributed by atoms with van der Waals surface area (Å²) >= 11 is 0. The van der Waals surface area contributed by atoms with Crippen molar-refractivity contribution in [2.75, 3.05) is 7.11 Å². The number of fused-ring (bicyclic) bond motifs is 1. The second-order valence-corrected chi connectivity index (χ2v) is 5.32. The van der Waals surface area contributed by atoms with Crippen LogP contribution in [0.3, 0.4) is 0 Å². The Hall–Kier alpha value is -3.49. The predicted octanol–water partition coefficient (Wildman–Crippen LogP) is 1.36. The molecule has 9 heteroatoms. The van der Waals surface area contributed by atoms with Crippen LogP contribution in [0.2, 0.25) is 0 Å². The van der Waals surface area contributed by atoms with Gasteiger partial charge in [-0.1, -0.05) is 0 Å². The van der Waals surface area contributed by atoms with Crippen LogP contribution in [-0.2, 0) is 16.0 Å². The van der Waals surface area contributed by atoms with Gasteiger partial charge in [-0.05, 0) is 12.1 Å². The lowest BCUT2D eigenvalue weighted by atomic mass is 10.0. The Bertz CT molecular complexity index is 1000. The van der Waals surface area contributed by atoms with Crippen LogP contribution < -0.4 is 4.74 Å². The van der Waals surface area contributed by atoms with E-state index in [0.717, 1.165) is 0 Å². The SMILES string of the molecule is COc1ccc(-c2nc(CC(=O)O)n[nH]2)c2[nH]cc(C(=O)C(C)=O)c12. The molecule has 0 saturated heterocycles. The van der Waals surface area contributed by atoms with E-state index >= 15 is 0 Å². The van der Waals surface area contributed by atoms with E-state index in [4.69, 9.17) is 9.84 Å². The average molecular weight is 342 g/mol. The van der Waals surface area contributed by atoms with Gasteiger partial charge in [0.1, 0.15) is 12.2 Å². The van der Waals surface area contributed by atoms with E-state index in [9.17, 15) is 14.4 Å². The van der Waals surface area contributed by atoms with E-state index in [1.165, 1.54) is 20.2 Å². The lowest BCUT2D eigenvalue weighted by Gasteiger charge is -2.06. The number of Topliss-reactive ketones (excluding diaryl/α,β-unsaturated/α-hetero) is 2. The van der Waals surface area contributed by atoms with Crippen molar-refractivity contribution in [3.8, 4) is 17.1 Å². The number of methoxy groups -OCH3 is 1. The van der Waals surface area contributed by atoms with Crippen LogP contribution in [0.5, 0.6) is 5.75 Å². The second-order valence-electron chi connectivity index (χ2n) is 5.32. The Morgan fingerprint density at radius 2 is 2.04 bits per heavy atom. The van der Waals surface area contributed by atoms with Crippen LogP contribution in [0.1, 0.15) is 23.1 Å². The predicted molar refractivity (Wildman–Crippen MR) is 86.6 cm³/mol. The zero-order valence-electron chi connectivity index (χ0n) is 13.4. The van der Waals surface area contributed by atoms with Gasteiger partial charge in [0.15, 0.2) is 17.4 Å². The van der Waals surface area contributed by atoms with Crippen molar-refractivity contribution < 1.29 is 24.2 Å². The summed E-state index contributed by atoms with van der Waals surface area (Å²) in [6.45, 7) is 1.20. The smallest absolute Gasteiger partial charge is 0.311 e. The molecule has 0 saturated carbocycles. The van der Waals surface area contributed by atoms with Crippen molar-refractivity contribution in [1.82, 2.24) is 20.2 Å². The molecule has 128 valence electrons. The van der Waals surface area contributed by atoms with Gasteiger partial charge >= 0.3 is 5.97 Å². The number of H-pyrrole nitrogens is 2. The average Bonchev–Trinajstić information content (AvgIpc) is 3.19. The third-order valence-electron chi connectivity index (χ3n) is 3.68. The molecular weight excluding hydrogens is 328 g/mol. The molecule has 0 radical (unpaired) electrons. The Morgan fingerprint density at radius 1 is 1.28 bits per heavy atom. The van der Waals surface area contributed by atoms with E-state index in [1.54, 1.807) is 12.1 Å². The zero-order chi connectivity index (χ0) is 18.1. The van der Waals surface area contributed by atoms with Crippen molar-refractivity contribution in [3.05, 3.63) is 29.7 Å². The Kier molecular flexibility index (Phi) is 4.05. The summed E-state index contributed by atoms with van der Waals surface area (Å²) in [5.74, 6) is -1.36. The molecule has 3 rings (SSSR count). The second kappa shape index (κ2) is 6.19. The van der Waals surface area contributed by atoms with E-state index in [0.29, 0.717) is 28.0 Å². The van der Waals surface area contributed by atoms with Gasteiger partial charge in [-0.3, -0.25) is 19.5 Å². The first-order valence-corrected chi connectivity index (χ1v) is 7.29. The molecule has 0 fully saturated rings. The monoisotopic (exact) mass is 342 g/mol. The zero-order valence-corrected chi connectivity index (χ0v) is 13.4. The normalized spacial score (nSPS) is 10.8. The standard InChI is InChI=1S/C16H14N4O5/c1-7(21)15(24)9-6-17-14-8(3-4-10(25-2)13(9)14)16-18-11(19-20-16)5-12(22)23/h3-4,6,17H,5H2,1-2H3,(H,22,23)(H,18,19,20). The number of aromatic nitrogens is 4. The van der Waals surface area contributed by atoms with Crippen LogP contribution in [0.4, 0.5) is 0 Å². The number of carboxylic acids is 1. The molecule has 0 amide bonds. The Labute approximate surface area is 141 Å². The maximum Gasteiger partial charge on any atom is 0.311 e. The molecular formula is C16H14N4O5. The highest BCUT2D eigenvalue weighted by molar-refractivity contribution is 6.45. The maximum absolute atomic E-state index is 12.1.